The molecule has 0 aliphatic heterocycles. The molecule has 0 amide bonds. The normalized spacial score (nSPS) is 10.1. The Morgan fingerprint density at radius 1 is 1.11 bits per heavy atom. The molecular weight excluding hydrogens is 236 g/mol. The van der Waals surface area contributed by atoms with E-state index < -0.39 is 11.9 Å². The molecule has 0 saturated carbocycles. The molecule has 18 heavy (non-hydrogen) atoms. The molecule has 0 saturated heterocycles. The number of carboxylic acid groups (broad SMARTS) is 1. The van der Waals surface area contributed by atoms with Crippen molar-refractivity contribution in [1.82, 2.24) is 0 Å². The highest BCUT2D eigenvalue weighted by Gasteiger charge is 2.12. The third-order valence-corrected chi connectivity index (χ3v) is 2.41. The highest BCUT2D eigenvalue weighted by molar-refractivity contribution is 5.88. The minimum Gasteiger partial charge on any atom is -0.478 e. The van der Waals surface area contributed by atoms with Gasteiger partial charge in [-0.1, -0.05) is 12.1 Å². The summed E-state index contributed by atoms with van der Waals surface area (Å²) in [5, 5.41) is 8.77. The number of hydrogen-bond acceptors (Lipinski definition) is 4. The maximum Gasteiger partial charge on any atom is 0.373 e. The molecule has 1 aromatic heterocycles. The molecule has 0 aliphatic rings. The van der Waals surface area contributed by atoms with Gasteiger partial charge < -0.3 is 14.3 Å². The summed E-state index contributed by atoms with van der Waals surface area (Å²) in [6.45, 7) is 0. The fraction of sp³-hybridized carbons (Fsp3) is 0.0769. The quantitative estimate of drug-likeness (QED) is 0.841. The van der Waals surface area contributed by atoms with Crippen LogP contribution in [0.2, 0.25) is 0 Å². The molecule has 0 unspecified atom stereocenters. The van der Waals surface area contributed by atoms with E-state index in [1.165, 1.54) is 25.3 Å². The maximum absolute atomic E-state index is 11.2. The molecule has 92 valence electrons. The van der Waals surface area contributed by atoms with Crippen LogP contribution in [0.3, 0.4) is 0 Å². The standard InChI is InChI=1S/C13H10O5/c1-17-13(16)11-7-6-10(18-11)8-2-4-9(5-3-8)12(14)15/h2-7H,1H3,(H,14,15). The third-order valence-electron chi connectivity index (χ3n) is 2.41. The lowest BCUT2D eigenvalue weighted by Gasteiger charge is -1.98. The van der Waals surface area contributed by atoms with Gasteiger partial charge in [-0.05, 0) is 24.3 Å². The highest BCUT2D eigenvalue weighted by atomic mass is 16.5. The number of carboxylic acids is 1. The second-order valence-electron chi connectivity index (χ2n) is 3.54. The van der Waals surface area contributed by atoms with Gasteiger partial charge in [0, 0.05) is 5.56 Å². The largest absolute Gasteiger partial charge is 0.478 e. The van der Waals surface area contributed by atoms with Gasteiger partial charge in [-0.15, -0.1) is 0 Å². The minimum atomic E-state index is -0.990. The number of hydrogen-bond donors (Lipinski definition) is 1. The Kier molecular flexibility index (Phi) is 3.14. The van der Waals surface area contributed by atoms with E-state index in [4.69, 9.17) is 9.52 Å². The molecule has 2 rings (SSSR count). The van der Waals surface area contributed by atoms with E-state index in [1.54, 1.807) is 18.2 Å². The molecule has 5 nitrogen and oxygen atoms in total. The summed E-state index contributed by atoms with van der Waals surface area (Å²) in [4.78, 5) is 21.9. The van der Waals surface area contributed by atoms with Crippen molar-refractivity contribution in [2.75, 3.05) is 7.11 Å². The van der Waals surface area contributed by atoms with Crippen LogP contribution < -0.4 is 0 Å². The number of methoxy groups -OCH3 is 1. The Morgan fingerprint density at radius 3 is 2.33 bits per heavy atom. The van der Waals surface area contributed by atoms with E-state index >= 15 is 0 Å². The van der Waals surface area contributed by atoms with Crippen LogP contribution in [-0.2, 0) is 4.74 Å². The minimum absolute atomic E-state index is 0.106. The Balaban J connectivity index is 2.29. The predicted molar refractivity (Wildman–Crippen MR) is 62.4 cm³/mol. The molecule has 0 radical (unpaired) electrons. The lowest BCUT2D eigenvalue weighted by Crippen LogP contribution is -1.98. The fourth-order valence-electron chi connectivity index (χ4n) is 1.48. The molecule has 5 heteroatoms. The zero-order valence-electron chi connectivity index (χ0n) is 9.54. The zero-order valence-corrected chi connectivity index (χ0v) is 9.54. The van der Waals surface area contributed by atoms with E-state index in [0.717, 1.165) is 0 Å². The first-order valence-electron chi connectivity index (χ1n) is 5.13. The number of ether oxygens (including phenoxy) is 1. The smallest absolute Gasteiger partial charge is 0.373 e. The SMILES string of the molecule is COC(=O)c1ccc(-c2ccc(C(=O)O)cc2)o1. The molecule has 0 aliphatic carbocycles. The summed E-state index contributed by atoms with van der Waals surface area (Å²) in [7, 11) is 1.27. The molecule has 1 heterocycles. The van der Waals surface area contributed by atoms with E-state index in [0.29, 0.717) is 11.3 Å². The van der Waals surface area contributed by atoms with E-state index in [1.807, 2.05) is 0 Å². The summed E-state index contributed by atoms with van der Waals surface area (Å²) in [5.74, 6) is -0.957. The van der Waals surface area contributed by atoms with Crippen molar-refractivity contribution in [2.24, 2.45) is 0 Å². The Labute approximate surface area is 103 Å². The Hall–Kier alpha value is -2.56. The predicted octanol–water partition coefficient (Wildman–Crippen LogP) is 2.43. The maximum atomic E-state index is 11.2. The summed E-state index contributed by atoms with van der Waals surface area (Å²) >= 11 is 0. The second-order valence-corrected chi connectivity index (χ2v) is 3.54. The van der Waals surface area contributed by atoms with Gasteiger partial charge >= 0.3 is 11.9 Å². The molecule has 0 fully saturated rings. The average Bonchev–Trinajstić information content (AvgIpc) is 2.87. The number of benzene rings is 1. The van der Waals surface area contributed by atoms with Crippen molar-refractivity contribution in [1.29, 1.82) is 0 Å². The molecule has 0 spiro atoms. The van der Waals surface area contributed by atoms with E-state index in [-0.39, 0.29) is 11.3 Å². The van der Waals surface area contributed by atoms with Gasteiger partial charge in [-0.25, -0.2) is 9.59 Å². The van der Waals surface area contributed by atoms with Crippen molar-refractivity contribution in [2.45, 2.75) is 0 Å². The first-order chi connectivity index (χ1) is 8.61. The van der Waals surface area contributed by atoms with E-state index in [2.05, 4.69) is 4.74 Å². The number of carbonyl (C=O) groups excluding carboxylic acids is 1. The summed E-state index contributed by atoms with van der Waals surface area (Å²) in [6, 6.07) is 9.30. The van der Waals surface area contributed by atoms with Crippen molar-refractivity contribution in [3.8, 4) is 11.3 Å². The molecule has 1 N–H and O–H groups in total. The number of rotatable bonds is 3. The van der Waals surface area contributed by atoms with Crippen molar-refractivity contribution in [3.63, 3.8) is 0 Å². The molecule has 0 bridgehead atoms. The monoisotopic (exact) mass is 246 g/mol. The van der Waals surface area contributed by atoms with Crippen LogP contribution in [0.4, 0.5) is 0 Å². The number of furan rings is 1. The van der Waals surface area contributed by atoms with Gasteiger partial charge in [0.15, 0.2) is 0 Å². The first-order valence-corrected chi connectivity index (χ1v) is 5.13. The molecular formula is C13H10O5. The van der Waals surface area contributed by atoms with Gasteiger partial charge in [0.05, 0.1) is 12.7 Å². The van der Waals surface area contributed by atoms with Crippen LogP contribution in [0.15, 0.2) is 40.8 Å². The van der Waals surface area contributed by atoms with Gasteiger partial charge in [0.1, 0.15) is 5.76 Å². The van der Waals surface area contributed by atoms with E-state index in [9.17, 15) is 9.59 Å². The number of carbonyl (C=O) groups is 2. The average molecular weight is 246 g/mol. The van der Waals surface area contributed by atoms with Gasteiger partial charge in [-0.3, -0.25) is 0 Å². The molecule has 2 aromatic rings. The van der Waals surface area contributed by atoms with Crippen LogP contribution in [0, 0.1) is 0 Å². The first kappa shape index (κ1) is 11.9. The summed E-state index contributed by atoms with van der Waals surface area (Å²) < 4.78 is 9.83. The van der Waals surface area contributed by atoms with Crippen LogP contribution in [0.25, 0.3) is 11.3 Å². The Morgan fingerprint density at radius 2 is 1.78 bits per heavy atom. The Bertz CT molecular complexity index is 580. The number of esters is 1. The number of aromatic carboxylic acids is 1. The fourth-order valence-corrected chi connectivity index (χ4v) is 1.48. The van der Waals surface area contributed by atoms with Crippen molar-refractivity contribution >= 4 is 11.9 Å². The van der Waals surface area contributed by atoms with Crippen molar-refractivity contribution in [3.05, 3.63) is 47.7 Å². The molecule has 0 atom stereocenters. The van der Waals surface area contributed by atoms with Gasteiger partial charge in [0.2, 0.25) is 5.76 Å². The highest BCUT2D eigenvalue weighted by Crippen LogP contribution is 2.22. The topological polar surface area (TPSA) is 76.7 Å². The van der Waals surface area contributed by atoms with Crippen LogP contribution in [0.1, 0.15) is 20.9 Å². The van der Waals surface area contributed by atoms with Crippen LogP contribution >= 0.6 is 0 Å². The lowest BCUT2D eigenvalue weighted by molar-refractivity contribution is 0.0565. The third kappa shape index (κ3) is 2.24. The second kappa shape index (κ2) is 4.75. The lowest BCUT2D eigenvalue weighted by atomic mass is 10.1. The molecule has 1 aromatic carbocycles. The van der Waals surface area contributed by atoms with Crippen LogP contribution in [0.5, 0.6) is 0 Å². The zero-order chi connectivity index (χ0) is 13.1. The van der Waals surface area contributed by atoms with Crippen molar-refractivity contribution < 1.29 is 23.8 Å². The summed E-state index contributed by atoms with van der Waals surface area (Å²) in [5.41, 5.74) is 0.883. The summed E-state index contributed by atoms with van der Waals surface area (Å²) in [6.07, 6.45) is 0. The van der Waals surface area contributed by atoms with Gasteiger partial charge in [-0.2, -0.15) is 0 Å². The van der Waals surface area contributed by atoms with Crippen LogP contribution in [-0.4, -0.2) is 24.2 Å². The van der Waals surface area contributed by atoms with Gasteiger partial charge in [0.25, 0.3) is 0 Å².